The van der Waals surface area contributed by atoms with Gasteiger partial charge in [-0.2, -0.15) is 0 Å². The molecule has 3 nitrogen and oxygen atoms in total. The molecule has 1 amide bonds. The molecule has 0 unspecified atom stereocenters. The second-order valence-electron chi connectivity index (χ2n) is 0.285. The number of nitrogens with two attached hydrogens (primary N) is 1. The molecule has 4 heteroatoms. The van der Waals surface area contributed by atoms with Gasteiger partial charge in [0, 0.05) is 0 Å². The van der Waals surface area contributed by atoms with Crippen LogP contribution in [0.5, 0.6) is 0 Å². The van der Waals surface area contributed by atoms with Crippen LogP contribution in [0.2, 0.25) is 0 Å². The van der Waals surface area contributed by atoms with E-state index in [0.717, 1.165) is 0 Å². The summed E-state index contributed by atoms with van der Waals surface area (Å²) in [7, 11) is 0. The monoisotopic (exact) mass is 102 g/mol. The summed E-state index contributed by atoms with van der Waals surface area (Å²) in [5.74, 6) is 4.41. The Kier molecular flexibility index (Phi) is 16.2. The Hall–Kier alpha value is 0.690. The predicted octanol–water partition coefficient (Wildman–Crippen LogP) is -1.55. The minimum absolute atomic E-state index is 0. The minimum atomic E-state index is 0. The molecule has 0 saturated carbocycles. The molecule has 0 atom stereocenters. The third-order valence-corrected chi connectivity index (χ3v) is 0.0680. The fourth-order valence-corrected chi connectivity index (χ4v) is 0. The van der Waals surface area contributed by atoms with Gasteiger partial charge in [-0.15, -0.1) is 0 Å². The Morgan fingerprint density at radius 1 is 2.00 bits per heavy atom. The van der Waals surface area contributed by atoms with Gasteiger partial charge in [0.05, 0.1) is 0 Å². The predicted molar refractivity (Wildman–Crippen MR) is 21.4 cm³/mol. The van der Waals surface area contributed by atoms with E-state index in [2.05, 4.69) is 5.84 Å². The summed E-state index contributed by atoms with van der Waals surface area (Å²) in [5, 5.41) is 0. The number of carbonyl (C=O) groups excluding carboxylic acids is 1. The van der Waals surface area contributed by atoms with Crippen LogP contribution in [0.3, 0.4) is 0 Å². The van der Waals surface area contributed by atoms with Crippen LogP contribution in [-0.2, 0) is 4.79 Å². The molecule has 28 valence electrons. The van der Waals surface area contributed by atoms with Gasteiger partial charge >= 0.3 is 37.7 Å². The topological polar surface area (TPSA) is 55.1 Å². The number of carbonyl (C=O) groups is 1. The first-order valence-electron chi connectivity index (χ1n) is 0.813. The van der Waals surface area contributed by atoms with Crippen LogP contribution in [0.15, 0.2) is 0 Å². The molecule has 0 fully saturated rings. The number of hydrazine groups is 1. The molecule has 0 heterocycles. The second kappa shape index (κ2) is 8.83. The van der Waals surface area contributed by atoms with E-state index in [9.17, 15) is 0 Å². The maximum Gasteiger partial charge on any atom is 2.00 e. The zero-order valence-electron chi connectivity index (χ0n) is 4.77. The average molecular weight is 102 g/mol. The summed E-state index contributed by atoms with van der Waals surface area (Å²) < 4.78 is 0. The van der Waals surface area contributed by atoms with Gasteiger partial charge in [-0.25, -0.2) is 5.84 Å². The molecule has 0 aromatic carbocycles. The molecule has 0 saturated heterocycles. The largest absolute Gasteiger partial charge is 2.00 e. The zero-order chi connectivity index (χ0) is 3.41. The van der Waals surface area contributed by atoms with Crippen molar-refractivity contribution in [2.24, 2.45) is 5.84 Å². The van der Waals surface area contributed by atoms with E-state index in [1.54, 1.807) is 5.43 Å². The maximum atomic E-state index is 8.94. The molecule has 0 aliphatic rings. The van der Waals surface area contributed by atoms with Crippen LogP contribution in [0.25, 0.3) is 0 Å². The fourth-order valence-electron chi connectivity index (χ4n) is 0. The molecular weight excluding hydrogens is 96.1 g/mol. The smallest absolute Gasteiger partial charge is 1.00 e. The Morgan fingerprint density at radius 3 is 2.20 bits per heavy atom. The molecule has 0 aliphatic heterocycles. The second-order valence-corrected chi connectivity index (χ2v) is 0.285. The summed E-state index contributed by atoms with van der Waals surface area (Å²) in [6, 6.07) is 0. The van der Waals surface area contributed by atoms with Crippen molar-refractivity contribution in [1.82, 2.24) is 5.43 Å². The van der Waals surface area contributed by atoms with E-state index in [1.165, 1.54) is 0 Å². The van der Waals surface area contributed by atoms with Crippen LogP contribution in [0, 0.1) is 0 Å². The molecular formula is CH6CaN2O. The van der Waals surface area contributed by atoms with E-state index in [4.69, 9.17) is 4.79 Å². The first kappa shape index (κ1) is 9.19. The van der Waals surface area contributed by atoms with Crippen molar-refractivity contribution in [3.63, 3.8) is 0 Å². The normalized spacial score (nSPS) is 4.20. The van der Waals surface area contributed by atoms with Crippen molar-refractivity contribution in [1.29, 1.82) is 0 Å². The number of rotatable bonds is 1. The van der Waals surface area contributed by atoms with Gasteiger partial charge < -0.3 is 2.85 Å². The Bertz CT molecular complexity index is 29.7. The van der Waals surface area contributed by atoms with Gasteiger partial charge in [0.1, 0.15) is 0 Å². The van der Waals surface area contributed by atoms with Crippen molar-refractivity contribution < 1.29 is 7.65 Å². The van der Waals surface area contributed by atoms with Gasteiger partial charge in [0.25, 0.3) is 0 Å². The zero-order valence-corrected chi connectivity index (χ0v) is 4.98. The van der Waals surface area contributed by atoms with Gasteiger partial charge in [-0.3, -0.25) is 10.2 Å². The van der Waals surface area contributed by atoms with Crippen LogP contribution in [0.1, 0.15) is 2.85 Å². The first-order valence-corrected chi connectivity index (χ1v) is 0.813. The summed E-state index contributed by atoms with van der Waals surface area (Å²) in [6.07, 6.45) is 0.403. The van der Waals surface area contributed by atoms with Gasteiger partial charge in [-0.1, -0.05) is 0 Å². The number of hydrogen-bond donors (Lipinski definition) is 2. The summed E-state index contributed by atoms with van der Waals surface area (Å²) in [6.45, 7) is 0. The third kappa shape index (κ3) is 11.9. The molecule has 0 rings (SSSR count). The number of amides is 1. The summed E-state index contributed by atoms with van der Waals surface area (Å²) >= 11 is 0. The van der Waals surface area contributed by atoms with Crippen molar-refractivity contribution in [2.75, 3.05) is 0 Å². The van der Waals surface area contributed by atoms with Crippen LogP contribution in [-0.4, -0.2) is 44.1 Å². The Balaban J connectivity index is -0.0000000150. The van der Waals surface area contributed by atoms with E-state index in [-0.39, 0.29) is 40.6 Å². The van der Waals surface area contributed by atoms with Gasteiger partial charge in [0.2, 0.25) is 6.41 Å². The quantitative estimate of drug-likeness (QED) is 0.138. The standard InChI is InChI=1S/CH4N2O.Ca.2H/c2-3-1-4;;;/h1H,2H2,(H,3,4);;;/q;+2;2*-1. The van der Waals surface area contributed by atoms with Crippen molar-refractivity contribution in [3.05, 3.63) is 0 Å². The average Bonchev–Trinajstić information content (AvgIpc) is 1.37. The van der Waals surface area contributed by atoms with Crippen LogP contribution in [0.4, 0.5) is 0 Å². The summed E-state index contributed by atoms with van der Waals surface area (Å²) in [4.78, 5) is 8.94. The summed E-state index contributed by atoms with van der Waals surface area (Å²) in [5.41, 5.74) is 1.75. The molecule has 0 aliphatic carbocycles. The third-order valence-electron chi connectivity index (χ3n) is 0.0680. The Morgan fingerprint density at radius 2 is 2.20 bits per heavy atom. The van der Waals surface area contributed by atoms with E-state index >= 15 is 0 Å². The minimum Gasteiger partial charge on any atom is -1.00 e. The molecule has 3 N–H and O–H groups in total. The van der Waals surface area contributed by atoms with Crippen LogP contribution >= 0.6 is 0 Å². The molecule has 5 heavy (non-hydrogen) atoms. The van der Waals surface area contributed by atoms with E-state index in [1.807, 2.05) is 0 Å². The number of nitrogens with one attached hydrogen (secondary N) is 1. The molecule has 0 bridgehead atoms. The number of hydrogen-bond acceptors (Lipinski definition) is 2. The van der Waals surface area contributed by atoms with Gasteiger partial charge in [0.15, 0.2) is 0 Å². The molecule has 0 aromatic rings. The fraction of sp³-hybridized carbons (Fsp3) is 0. The van der Waals surface area contributed by atoms with Crippen molar-refractivity contribution in [3.8, 4) is 0 Å². The maximum absolute atomic E-state index is 8.94. The van der Waals surface area contributed by atoms with Gasteiger partial charge in [-0.05, 0) is 0 Å². The van der Waals surface area contributed by atoms with Crippen LogP contribution < -0.4 is 11.3 Å². The van der Waals surface area contributed by atoms with Crippen molar-refractivity contribution >= 4 is 44.1 Å². The molecule has 0 radical (unpaired) electrons. The molecule has 0 aromatic heterocycles. The molecule has 0 spiro atoms. The SMILES string of the molecule is NNC=O.[Ca+2].[H-].[H-]. The van der Waals surface area contributed by atoms with Crippen molar-refractivity contribution in [2.45, 2.75) is 0 Å². The Labute approximate surface area is 62.8 Å². The van der Waals surface area contributed by atoms with E-state index in [0.29, 0.717) is 6.41 Å². The van der Waals surface area contributed by atoms with E-state index < -0.39 is 0 Å². The first-order chi connectivity index (χ1) is 1.91.